The van der Waals surface area contributed by atoms with Crippen molar-refractivity contribution in [2.24, 2.45) is 5.73 Å². The van der Waals surface area contributed by atoms with Crippen molar-refractivity contribution >= 4 is 30.7 Å². The first kappa shape index (κ1) is 23.2. The smallest absolute Gasteiger partial charge is 0.224 e. The van der Waals surface area contributed by atoms with Crippen LogP contribution in [-0.2, 0) is 4.79 Å². The molecule has 1 fully saturated rings. The zero-order valence-electron chi connectivity index (χ0n) is 14.7. The zero-order chi connectivity index (χ0) is 15.9. The summed E-state index contributed by atoms with van der Waals surface area (Å²) in [5.74, 6) is 0.121. The van der Waals surface area contributed by atoms with Gasteiger partial charge in [0.1, 0.15) is 0 Å². The maximum atomic E-state index is 12.3. The van der Waals surface area contributed by atoms with Crippen molar-refractivity contribution in [1.29, 1.82) is 0 Å². The van der Waals surface area contributed by atoms with E-state index in [2.05, 4.69) is 11.9 Å². The van der Waals surface area contributed by atoms with Crippen LogP contribution >= 0.6 is 24.8 Å². The van der Waals surface area contributed by atoms with Crippen LogP contribution in [0, 0.1) is 0 Å². The monoisotopic (exact) mass is 375 g/mol. The molecule has 1 unspecified atom stereocenters. The molecule has 0 heterocycles. The topological polar surface area (TPSA) is 49.6 Å². The lowest BCUT2D eigenvalue weighted by atomic mass is 10.0. The van der Waals surface area contributed by atoms with Gasteiger partial charge in [0.25, 0.3) is 0 Å². The Morgan fingerprint density at radius 3 is 2.29 bits per heavy atom. The molecule has 1 aromatic rings. The zero-order valence-corrected chi connectivity index (χ0v) is 16.3. The van der Waals surface area contributed by atoms with Gasteiger partial charge in [-0.05, 0) is 25.5 Å². The molecule has 0 aliphatic heterocycles. The Bertz CT molecular complexity index is 467. The third-order valence-corrected chi connectivity index (χ3v) is 4.78. The summed E-state index contributed by atoms with van der Waals surface area (Å²) in [6, 6.07) is 10.3. The number of carbonyl (C=O) groups excluding carboxylic acids is 1. The molecule has 1 aromatic carbocycles. The van der Waals surface area contributed by atoms with Gasteiger partial charge in [0.2, 0.25) is 5.91 Å². The highest BCUT2D eigenvalue weighted by atomic mass is 35.5. The predicted octanol–water partition coefficient (Wildman–Crippen LogP) is 3.25. The van der Waals surface area contributed by atoms with Gasteiger partial charge in [0.15, 0.2) is 0 Å². The van der Waals surface area contributed by atoms with Crippen molar-refractivity contribution < 1.29 is 4.79 Å². The first-order valence-electron chi connectivity index (χ1n) is 8.32. The van der Waals surface area contributed by atoms with Crippen LogP contribution in [0.25, 0.3) is 0 Å². The molecule has 0 saturated heterocycles. The molecule has 0 spiro atoms. The average molecular weight is 376 g/mol. The lowest BCUT2D eigenvalue weighted by Gasteiger charge is -2.27. The second-order valence-electron chi connectivity index (χ2n) is 6.46. The Hall–Kier alpha value is -0.810. The molecule has 1 aliphatic carbocycles. The van der Waals surface area contributed by atoms with E-state index in [1.165, 1.54) is 25.7 Å². The minimum Gasteiger partial charge on any atom is -0.344 e. The highest BCUT2D eigenvalue weighted by Gasteiger charge is 2.20. The molecule has 0 aromatic heterocycles. The average Bonchev–Trinajstić information content (AvgIpc) is 3.07. The van der Waals surface area contributed by atoms with E-state index in [9.17, 15) is 4.79 Å². The number of nitrogens with zero attached hydrogens (tertiary/aromatic N) is 2. The number of hydrogen-bond acceptors (Lipinski definition) is 3. The fourth-order valence-corrected chi connectivity index (χ4v) is 3.12. The summed E-state index contributed by atoms with van der Waals surface area (Å²) >= 11 is 0. The van der Waals surface area contributed by atoms with Crippen LogP contribution in [0.1, 0.15) is 43.7 Å². The van der Waals surface area contributed by atoms with Crippen molar-refractivity contribution in [3.8, 4) is 0 Å². The van der Waals surface area contributed by atoms with E-state index >= 15 is 0 Å². The van der Waals surface area contributed by atoms with E-state index in [1.54, 1.807) is 0 Å². The highest BCUT2D eigenvalue weighted by Crippen LogP contribution is 2.22. The van der Waals surface area contributed by atoms with Crippen molar-refractivity contribution in [3.63, 3.8) is 0 Å². The number of rotatable bonds is 7. The Morgan fingerprint density at radius 2 is 1.71 bits per heavy atom. The Labute approximate surface area is 158 Å². The number of hydrogen-bond donors (Lipinski definition) is 1. The highest BCUT2D eigenvalue weighted by molar-refractivity contribution is 5.85. The molecular formula is C18H31Cl2N3O. The summed E-state index contributed by atoms with van der Waals surface area (Å²) in [5.41, 5.74) is 7.15. The van der Waals surface area contributed by atoms with Gasteiger partial charge in [-0.2, -0.15) is 0 Å². The van der Waals surface area contributed by atoms with Gasteiger partial charge in [-0.25, -0.2) is 0 Å². The summed E-state index contributed by atoms with van der Waals surface area (Å²) in [6.07, 6.45) is 5.65. The Morgan fingerprint density at radius 1 is 1.12 bits per heavy atom. The van der Waals surface area contributed by atoms with Crippen molar-refractivity contribution in [1.82, 2.24) is 9.80 Å². The first-order valence-corrected chi connectivity index (χ1v) is 8.32. The number of likely N-dealkylation sites (N-methyl/N-ethyl adjacent to an activating group) is 2. The Kier molecular flexibility index (Phi) is 11.3. The molecular weight excluding hydrogens is 345 g/mol. The molecule has 138 valence electrons. The standard InChI is InChI=1S/C18H29N3O.2ClH/c1-20(16-10-6-7-11-16)12-13-21(2)18(22)14-17(19)15-8-4-3-5-9-15;;/h3-5,8-9,16-17H,6-7,10-14,19H2,1-2H3;2*1H. The molecule has 0 bridgehead atoms. The fraction of sp³-hybridized carbons (Fsp3) is 0.611. The van der Waals surface area contributed by atoms with E-state index in [1.807, 2.05) is 42.3 Å². The molecule has 4 nitrogen and oxygen atoms in total. The van der Waals surface area contributed by atoms with Gasteiger partial charge < -0.3 is 15.5 Å². The van der Waals surface area contributed by atoms with E-state index in [0.717, 1.165) is 18.7 Å². The van der Waals surface area contributed by atoms with Gasteiger partial charge in [-0.3, -0.25) is 4.79 Å². The summed E-state index contributed by atoms with van der Waals surface area (Å²) in [5, 5.41) is 0. The number of nitrogens with two attached hydrogens (primary N) is 1. The summed E-state index contributed by atoms with van der Waals surface area (Å²) < 4.78 is 0. The Balaban J connectivity index is 0.00000264. The predicted molar refractivity (Wildman–Crippen MR) is 105 cm³/mol. The molecule has 2 rings (SSSR count). The van der Waals surface area contributed by atoms with Crippen molar-refractivity contribution in [3.05, 3.63) is 35.9 Å². The summed E-state index contributed by atoms with van der Waals surface area (Å²) in [7, 11) is 4.05. The van der Waals surface area contributed by atoms with Crippen LogP contribution in [0.2, 0.25) is 0 Å². The van der Waals surface area contributed by atoms with Gasteiger partial charge in [-0.15, -0.1) is 24.8 Å². The minimum absolute atomic E-state index is 0. The van der Waals surface area contributed by atoms with Gasteiger partial charge in [0, 0.05) is 38.6 Å². The van der Waals surface area contributed by atoms with Gasteiger partial charge in [0.05, 0.1) is 0 Å². The normalized spacial score (nSPS) is 15.5. The van der Waals surface area contributed by atoms with E-state index < -0.39 is 0 Å². The molecule has 1 amide bonds. The van der Waals surface area contributed by atoms with Crippen LogP contribution in [0.15, 0.2) is 30.3 Å². The molecule has 1 atom stereocenters. The molecule has 1 saturated carbocycles. The maximum absolute atomic E-state index is 12.3. The van der Waals surface area contributed by atoms with Crippen molar-refractivity contribution in [2.75, 3.05) is 27.2 Å². The van der Waals surface area contributed by atoms with Crippen LogP contribution in [0.5, 0.6) is 0 Å². The summed E-state index contributed by atoms with van der Waals surface area (Å²) in [4.78, 5) is 16.5. The SMILES string of the molecule is CN(CCN(C)C1CCCC1)C(=O)CC(N)c1ccccc1.Cl.Cl. The van der Waals surface area contributed by atoms with Gasteiger partial charge >= 0.3 is 0 Å². The fourth-order valence-electron chi connectivity index (χ4n) is 3.12. The number of carbonyl (C=O) groups is 1. The summed E-state index contributed by atoms with van der Waals surface area (Å²) in [6.45, 7) is 1.71. The van der Waals surface area contributed by atoms with E-state index in [0.29, 0.717) is 12.5 Å². The van der Waals surface area contributed by atoms with Gasteiger partial charge in [-0.1, -0.05) is 43.2 Å². The number of benzene rings is 1. The largest absolute Gasteiger partial charge is 0.344 e. The van der Waals surface area contributed by atoms with E-state index in [4.69, 9.17) is 5.73 Å². The number of amides is 1. The second-order valence-corrected chi connectivity index (χ2v) is 6.46. The van der Waals surface area contributed by atoms with Crippen LogP contribution in [-0.4, -0.2) is 48.9 Å². The maximum Gasteiger partial charge on any atom is 0.224 e. The number of halogens is 2. The third kappa shape index (κ3) is 6.98. The third-order valence-electron chi connectivity index (χ3n) is 4.78. The van der Waals surface area contributed by atoms with E-state index in [-0.39, 0.29) is 36.8 Å². The molecule has 6 heteroatoms. The van der Waals surface area contributed by atoms with Crippen LogP contribution in [0.4, 0.5) is 0 Å². The molecule has 24 heavy (non-hydrogen) atoms. The first-order chi connectivity index (χ1) is 10.6. The van der Waals surface area contributed by atoms with Crippen LogP contribution < -0.4 is 5.73 Å². The van der Waals surface area contributed by atoms with Crippen molar-refractivity contribution in [2.45, 2.75) is 44.2 Å². The van der Waals surface area contributed by atoms with Crippen LogP contribution in [0.3, 0.4) is 0 Å². The second kappa shape index (κ2) is 11.7. The molecule has 1 aliphatic rings. The molecule has 2 N–H and O–H groups in total. The lowest BCUT2D eigenvalue weighted by molar-refractivity contribution is -0.130. The molecule has 0 radical (unpaired) electrons. The minimum atomic E-state index is -0.219. The quantitative estimate of drug-likeness (QED) is 0.795. The lowest BCUT2D eigenvalue weighted by Crippen LogP contribution is -2.39.